The summed E-state index contributed by atoms with van der Waals surface area (Å²) in [7, 11) is 0. The molecule has 6 heteroatoms. The fraction of sp³-hybridized carbons (Fsp3) is 0.375. The van der Waals surface area contributed by atoms with E-state index < -0.39 is 0 Å². The minimum atomic E-state index is -0.214. The van der Waals surface area contributed by atoms with Crippen LogP contribution < -0.4 is 5.56 Å². The number of aromatic amines is 1. The van der Waals surface area contributed by atoms with Crippen molar-refractivity contribution in [3.63, 3.8) is 0 Å². The van der Waals surface area contributed by atoms with Crippen LogP contribution in [0.15, 0.2) is 15.6 Å². The summed E-state index contributed by atoms with van der Waals surface area (Å²) in [4.78, 5) is 18.1. The number of halogens is 1. The minimum absolute atomic E-state index is 0.182. The van der Waals surface area contributed by atoms with E-state index in [-0.39, 0.29) is 11.5 Å². The second-order valence-corrected chi connectivity index (χ2v) is 4.12. The predicted molar refractivity (Wildman–Crippen MR) is 55.4 cm³/mol. The summed E-state index contributed by atoms with van der Waals surface area (Å²) in [5, 5.41) is 4.25. The summed E-state index contributed by atoms with van der Waals surface area (Å²) < 4.78 is 2.18. The van der Waals surface area contributed by atoms with Gasteiger partial charge in [0.25, 0.3) is 5.56 Å². The zero-order chi connectivity index (χ0) is 10.3. The molecule has 0 radical (unpaired) electrons. The highest BCUT2D eigenvalue weighted by molar-refractivity contribution is 9.10. The van der Waals surface area contributed by atoms with Crippen molar-refractivity contribution in [1.29, 1.82) is 0 Å². The molecule has 2 aromatic heterocycles. The molecule has 1 N–H and O–H groups in total. The van der Waals surface area contributed by atoms with Crippen molar-refractivity contribution in [1.82, 2.24) is 19.6 Å². The van der Waals surface area contributed by atoms with Gasteiger partial charge in [0.1, 0.15) is 10.4 Å². The van der Waals surface area contributed by atoms with Gasteiger partial charge < -0.3 is 4.98 Å². The Morgan fingerprint density at radius 3 is 2.93 bits per heavy atom. The van der Waals surface area contributed by atoms with E-state index in [4.69, 9.17) is 0 Å². The van der Waals surface area contributed by atoms with Gasteiger partial charge in [0, 0.05) is 5.92 Å². The zero-order valence-corrected chi connectivity index (χ0v) is 9.37. The Bertz CT molecular complexity index is 528. The third-order valence-corrected chi connectivity index (χ3v) is 2.44. The fourth-order valence-corrected chi connectivity index (χ4v) is 1.49. The van der Waals surface area contributed by atoms with Gasteiger partial charge in [-0.3, -0.25) is 4.79 Å². The Morgan fingerprint density at radius 2 is 2.29 bits per heavy atom. The summed E-state index contributed by atoms with van der Waals surface area (Å²) in [5.74, 6) is 0.836. The van der Waals surface area contributed by atoms with E-state index in [2.05, 4.69) is 31.0 Å². The van der Waals surface area contributed by atoms with Crippen LogP contribution in [0.3, 0.4) is 0 Å². The minimum Gasteiger partial charge on any atom is -0.306 e. The van der Waals surface area contributed by atoms with E-state index in [1.807, 2.05) is 13.8 Å². The van der Waals surface area contributed by atoms with Gasteiger partial charge in [0.05, 0.1) is 6.20 Å². The summed E-state index contributed by atoms with van der Waals surface area (Å²) >= 11 is 3.27. The van der Waals surface area contributed by atoms with Crippen LogP contribution >= 0.6 is 15.9 Å². The molecule has 0 bridgehead atoms. The van der Waals surface area contributed by atoms with Gasteiger partial charge in [0.2, 0.25) is 5.65 Å². The highest BCUT2D eigenvalue weighted by Gasteiger charge is 2.09. The monoisotopic (exact) mass is 256 g/mol. The van der Waals surface area contributed by atoms with Gasteiger partial charge in [-0.1, -0.05) is 13.8 Å². The van der Waals surface area contributed by atoms with Crippen LogP contribution in [0.25, 0.3) is 5.65 Å². The Kier molecular flexibility index (Phi) is 2.14. The molecule has 14 heavy (non-hydrogen) atoms. The van der Waals surface area contributed by atoms with Gasteiger partial charge in [0.15, 0.2) is 0 Å². The Hall–Kier alpha value is -1.17. The second-order valence-electron chi connectivity index (χ2n) is 3.31. The third kappa shape index (κ3) is 1.35. The summed E-state index contributed by atoms with van der Waals surface area (Å²) in [6.45, 7) is 3.93. The molecular formula is C8H9BrN4O. The number of aromatic nitrogens is 4. The maximum atomic E-state index is 11.5. The van der Waals surface area contributed by atoms with Gasteiger partial charge in [-0.2, -0.15) is 9.61 Å². The fourth-order valence-electron chi connectivity index (χ4n) is 1.14. The van der Waals surface area contributed by atoms with Crippen molar-refractivity contribution in [2.24, 2.45) is 0 Å². The SMILES string of the molecule is CC(C)c1nn2c(Br)cnc2c(=O)[nH]1. The molecule has 2 heterocycles. The standard InChI is InChI=1S/C8H9BrN4O/c1-4(2)6-11-8(14)7-10-3-5(9)13(7)12-6/h3-4H,1-2H3,(H,11,12,14). The van der Waals surface area contributed by atoms with Gasteiger partial charge in [-0.05, 0) is 15.9 Å². The Balaban J connectivity index is 2.82. The molecule has 0 aliphatic rings. The van der Waals surface area contributed by atoms with Crippen LogP contribution in [0.4, 0.5) is 0 Å². The molecule has 2 aromatic rings. The smallest absolute Gasteiger partial charge is 0.294 e. The van der Waals surface area contributed by atoms with Crippen molar-refractivity contribution in [2.45, 2.75) is 19.8 Å². The van der Waals surface area contributed by atoms with Crippen molar-refractivity contribution in [2.75, 3.05) is 0 Å². The first kappa shape index (κ1) is 9.39. The molecule has 0 amide bonds. The first-order valence-corrected chi connectivity index (χ1v) is 5.02. The maximum Gasteiger partial charge on any atom is 0.294 e. The zero-order valence-electron chi connectivity index (χ0n) is 7.78. The Morgan fingerprint density at radius 1 is 1.57 bits per heavy atom. The highest BCUT2D eigenvalue weighted by Crippen LogP contribution is 2.11. The average Bonchev–Trinajstić information content (AvgIpc) is 2.48. The number of hydrogen-bond acceptors (Lipinski definition) is 3. The van der Waals surface area contributed by atoms with E-state index in [0.717, 1.165) is 0 Å². The molecule has 0 atom stereocenters. The lowest BCUT2D eigenvalue weighted by atomic mass is 10.2. The van der Waals surface area contributed by atoms with Crippen molar-refractivity contribution in [3.05, 3.63) is 27.0 Å². The predicted octanol–water partition coefficient (Wildman–Crippen LogP) is 1.30. The van der Waals surface area contributed by atoms with Gasteiger partial charge in [-0.25, -0.2) is 4.98 Å². The lowest BCUT2D eigenvalue weighted by Crippen LogP contribution is -2.17. The molecule has 0 saturated heterocycles. The molecule has 0 saturated carbocycles. The number of rotatable bonds is 1. The van der Waals surface area contributed by atoms with E-state index in [0.29, 0.717) is 16.1 Å². The van der Waals surface area contributed by atoms with Crippen LogP contribution in [0.2, 0.25) is 0 Å². The number of fused-ring (bicyclic) bond motifs is 1. The van der Waals surface area contributed by atoms with Crippen molar-refractivity contribution < 1.29 is 0 Å². The van der Waals surface area contributed by atoms with E-state index in [1.165, 1.54) is 4.52 Å². The second kappa shape index (κ2) is 3.20. The van der Waals surface area contributed by atoms with Crippen LogP contribution in [-0.2, 0) is 0 Å². The third-order valence-electron chi connectivity index (χ3n) is 1.90. The van der Waals surface area contributed by atoms with E-state index in [1.54, 1.807) is 6.20 Å². The highest BCUT2D eigenvalue weighted by atomic mass is 79.9. The van der Waals surface area contributed by atoms with Gasteiger partial charge >= 0.3 is 0 Å². The normalized spacial score (nSPS) is 11.4. The van der Waals surface area contributed by atoms with Crippen LogP contribution in [-0.4, -0.2) is 19.6 Å². The molecule has 5 nitrogen and oxygen atoms in total. The van der Waals surface area contributed by atoms with Crippen LogP contribution in [0, 0.1) is 0 Å². The quantitative estimate of drug-likeness (QED) is 0.837. The maximum absolute atomic E-state index is 11.5. The molecule has 0 aliphatic carbocycles. The summed E-state index contributed by atoms with van der Waals surface area (Å²) in [6.07, 6.45) is 1.56. The molecule has 0 spiro atoms. The number of nitrogens with one attached hydrogen (secondary N) is 1. The summed E-state index contributed by atoms with van der Waals surface area (Å²) in [6, 6.07) is 0. The van der Waals surface area contributed by atoms with Crippen LogP contribution in [0.1, 0.15) is 25.6 Å². The average molecular weight is 257 g/mol. The first-order chi connectivity index (χ1) is 6.59. The molecular weight excluding hydrogens is 248 g/mol. The molecule has 0 aromatic carbocycles. The number of nitrogens with zero attached hydrogens (tertiary/aromatic N) is 3. The number of hydrogen-bond donors (Lipinski definition) is 1. The lowest BCUT2D eigenvalue weighted by molar-refractivity contribution is 0.705. The largest absolute Gasteiger partial charge is 0.306 e. The molecule has 0 unspecified atom stereocenters. The molecule has 0 aliphatic heterocycles. The Labute approximate surface area is 88.3 Å². The van der Waals surface area contributed by atoms with Crippen molar-refractivity contribution >= 4 is 21.6 Å². The lowest BCUT2D eigenvalue weighted by Gasteiger charge is -2.03. The van der Waals surface area contributed by atoms with E-state index >= 15 is 0 Å². The molecule has 2 rings (SSSR count). The topological polar surface area (TPSA) is 63.1 Å². The number of H-pyrrole nitrogens is 1. The van der Waals surface area contributed by atoms with E-state index in [9.17, 15) is 4.79 Å². The van der Waals surface area contributed by atoms with Gasteiger partial charge in [-0.15, -0.1) is 0 Å². The van der Waals surface area contributed by atoms with Crippen LogP contribution in [0.5, 0.6) is 0 Å². The number of imidazole rings is 1. The summed E-state index contributed by atoms with van der Waals surface area (Å²) in [5.41, 5.74) is 0.0932. The molecule has 74 valence electrons. The first-order valence-electron chi connectivity index (χ1n) is 4.23. The van der Waals surface area contributed by atoms with Crippen molar-refractivity contribution in [3.8, 4) is 0 Å². The molecule has 0 fully saturated rings.